The van der Waals surface area contributed by atoms with Gasteiger partial charge in [-0.15, -0.1) is 0 Å². The minimum absolute atomic E-state index is 0.00577. The molecule has 24 heavy (non-hydrogen) atoms. The lowest BCUT2D eigenvalue weighted by molar-refractivity contribution is 0.0746. The summed E-state index contributed by atoms with van der Waals surface area (Å²) in [6, 6.07) is 14.0. The van der Waals surface area contributed by atoms with E-state index in [9.17, 15) is 9.18 Å². The third-order valence-corrected chi connectivity index (χ3v) is 4.17. The van der Waals surface area contributed by atoms with E-state index in [0.717, 1.165) is 5.75 Å². The normalized spacial score (nSPS) is 14.6. The summed E-state index contributed by atoms with van der Waals surface area (Å²) in [4.78, 5) is 16.4. The van der Waals surface area contributed by atoms with Crippen LogP contribution in [0, 0.1) is 5.82 Å². The molecule has 126 valence electrons. The minimum atomic E-state index is -0.219. The summed E-state index contributed by atoms with van der Waals surface area (Å²) in [5.74, 6) is 0.549. The van der Waals surface area contributed by atoms with Crippen LogP contribution in [0.15, 0.2) is 48.5 Å². The summed E-state index contributed by atoms with van der Waals surface area (Å²) in [7, 11) is 0. The number of rotatable bonds is 4. The van der Waals surface area contributed by atoms with Crippen LogP contribution in [0.25, 0.3) is 0 Å². The van der Waals surface area contributed by atoms with E-state index in [0.29, 0.717) is 44.0 Å². The van der Waals surface area contributed by atoms with Gasteiger partial charge in [-0.05, 0) is 43.3 Å². The highest BCUT2D eigenvalue weighted by Crippen LogP contribution is 2.21. The molecule has 0 atom stereocenters. The average molecular weight is 328 g/mol. The van der Waals surface area contributed by atoms with E-state index < -0.39 is 0 Å². The van der Waals surface area contributed by atoms with E-state index in [1.54, 1.807) is 24.3 Å². The fraction of sp³-hybridized carbons (Fsp3) is 0.316. The van der Waals surface area contributed by atoms with Crippen molar-refractivity contribution < 1.29 is 13.9 Å². The molecule has 1 saturated heterocycles. The zero-order valence-corrected chi connectivity index (χ0v) is 13.7. The molecule has 1 heterocycles. The van der Waals surface area contributed by atoms with Gasteiger partial charge in [0.15, 0.2) is 0 Å². The first kappa shape index (κ1) is 16.3. The minimum Gasteiger partial charge on any atom is -0.494 e. The average Bonchev–Trinajstić information content (AvgIpc) is 2.63. The molecule has 1 fully saturated rings. The predicted molar refractivity (Wildman–Crippen MR) is 92.1 cm³/mol. The molecule has 2 aromatic rings. The number of carbonyl (C=O) groups is 1. The molecule has 0 N–H and O–H groups in total. The maximum atomic E-state index is 13.9. The number of benzene rings is 2. The number of hydrogen-bond donors (Lipinski definition) is 0. The number of hydrogen-bond acceptors (Lipinski definition) is 3. The van der Waals surface area contributed by atoms with Crippen LogP contribution in [0.5, 0.6) is 5.75 Å². The van der Waals surface area contributed by atoms with Crippen molar-refractivity contribution in [2.75, 3.05) is 37.7 Å². The number of ether oxygens (including phenoxy) is 1. The Morgan fingerprint density at radius 1 is 1.04 bits per heavy atom. The van der Waals surface area contributed by atoms with Gasteiger partial charge in [0.1, 0.15) is 11.6 Å². The van der Waals surface area contributed by atoms with Gasteiger partial charge in [0.05, 0.1) is 12.3 Å². The summed E-state index contributed by atoms with van der Waals surface area (Å²) in [5, 5.41) is 0. The quantitative estimate of drug-likeness (QED) is 0.864. The van der Waals surface area contributed by atoms with Gasteiger partial charge in [0.2, 0.25) is 0 Å². The van der Waals surface area contributed by atoms with Crippen molar-refractivity contribution >= 4 is 11.6 Å². The fourth-order valence-corrected chi connectivity index (χ4v) is 2.90. The first-order valence-corrected chi connectivity index (χ1v) is 8.20. The standard InChI is InChI=1S/C19H21FN2O2/c1-2-24-16-9-7-15(8-10-16)19(23)22-13-11-21(12-14-22)18-6-4-3-5-17(18)20/h3-10H,2,11-14H2,1H3. The van der Waals surface area contributed by atoms with Gasteiger partial charge in [-0.2, -0.15) is 0 Å². The van der Waals surface area contributed by atoms with E-state index in [-0.39, 0.29) is 11.7 Å². The molecule has 5 heteroatoms. The van der Waals surface area contributed by atoms with Gasteiger partial charge in [-0.25, -0.2) is 4.39 Å². The zero-order chi connectivity index (χ0) is 16.9. The van der Waals surface area contributed by atoms with Crippen molar-refractivity contribution in [1.29, 1.82) is 0 Å². The Balaban J connectivity index is 1.62. The van der Waals surface area contributed by atoms with Crippen molar-refractivity contribution in [3.8, 4) is 5.75 Å². The molecular formula is C19H21FN2O2. The molecule has 1 aliphatic heterocycles. The van der Waals surface area contributed by atoms with Crippen molar-refractivity contribution in [1.82, 2.24) is 4.90 Å². The molecule has 1 amide bonds. The Morgan fingerprint density at radius 3 is 2.33 bits per heavy atom. The summed E-state index contributed by atoms with van der Waals surface area (Å²) in [5.41, 5.74) is 1.25. The summed E-state index contributed by atoms with van der Waals surface area (Å²) in [6.45, 7) is 4.95. The SMILES string of the molecule is CCOc1ccc(C(=O)N2CCN(c3ccccc3F)CC2)cc1. The zero-order valence-electron chi connectivity index (χ0n) is 13.7. The molecular weight excluding hydrogens is 307 g/mol. The van der Waals surface area contributed by atoms with E-state index in [1.165, 1.54) is 6.07 Å². The molecule has 0 aromatic heterocycles. The number of carbonyl (C=O) groups excluding carboxylic acids is 1. The number of halogens is 1. The van der Waals surface area contributed by atoms with Gasteiger partial charge >= 0.3 is 0 Å². The predicted octanol–water partition coefficient (Wildman–Crippen LogP) is 3.19. The first-order chi connectivity index (χ1) is 11.7. The molecule has 0 bridgehead atoms. The number of anilines is 1. The Hall–Kier alpha value is -2.56. The van der Waals surface area contributed by atoms with Crippen molar-refractivity contribution in [3.05, 3.63) is 59.9 Å². The Bertz CT molecular complexity index is 695. The van der Waals surface area contributed by atoms with Gasteiger partial charge in [0.25, 0.3) is 5.91 Å². The second-order valence-electron chi connectivity index (χ2n) is 5.69. The molecule has 3 rings (SSSR count). The summed E-state index contributed by atoms with van der Waals surface area (Å²) >= 11 is 0. The summed E-state index contributed by atoms with van der Waals surface area (Å²) in [6.07, 6.45) is 0. The number of nitrogens with zero attached hydrogens (tertiary/aromatic N) is 2. The van der Waals surface area contributed by atoms with Gasteiger partial charge in [-0.1, -0.05) is 12.1 Å². The maximum absolute atomic E-state index is 13.9. The maximum Gasteiger partial charge on any atom is 0.253 e. The van der Waals surface area contributed by atoms with Crippen LogP contribution in [-0.2, 0) is 0 Å². The van der Waals surface area contributed by atoms with Crippen molar-refractivity contribution in [3.63, 3.8) is 0 Å². The first-order valence-electron chi connectivity index (χ1n) is 8.20. The molecule has 2 aromatic carbocycles. The molecule has 0 saturated carbocycles. The molecule has 1 aliphatic rings. The monoisotopic (exact) mass is 328 g/mol. The van der Waals surface area contributed by atoms with Crippen LogP contribution in [0.3, 0.4) is 0 Å². The highest BCUT2D eigenvalue weighted by atomic mass is 19.1. The van der Waals surface area contributed by atoms with E-state index in [2.05, 4.69) is 0 Å². The second kappa shape index (κ2) is 7.34. The Morgan fingerprint density at radius 2 is 1.71 bits per heavy atom. The molecule has 4 nitrogen and oxygen atoms in total. The van der Waals surface area contributed by atoms with Crippen LogP contribution < -0.4 is 9.64 Å². The van der Waals surface area contributed by atoms with Crippen LogP contribution in [0.2, 0.25) is 0 Å². The smallest absolute Gasteiger partial charge is 0.253 e. The van der Waals surface area contributed by atoms with Gasteiger partial charge in [-0.3, -0.25) is 4.79 Å². The van der Waals surface area contributed by atoms with Crippen molar-refractivity contribution in [2.24, 2.45) is 0 Å². The lowest BCUT2D eigenvalue weighted by atomic mass is 10.1. The Kier molecular flexibility index (Phi) is 4.99. The number of piperazine rings is 1. The lowest BCUT2D eigenvalue weighted by Gasteiger charge is -2.36. The topological polar surface area (TPSA) is 32.8 Å². The second-order valence-corrected chi connectivity index (χ2v) is 5.69. The van der Waals surface area contributed by atoms with Crippen molar-refractivity contribution in [2.45, 2.75) is 6.92 Å². The highest BCUT2D eigenvalue weighted by Gasteiger charge is 2.23. The van der Waals surface area contributed by atoms with E-state index in [1.807, 2.05) is 34.9 Å². The number of para-hydroxylation sites is 1. The molecule has 0 radical (unpaired) electrons. The van der Waals surface area contributed by atoms with Gasteiger partial charge < -0.3 is 14.5 Å². The third kappa shape index (κ3) is 3.50. The fourth-order valence-electron chi connectivity index (χ4n) is 2.90. The molecule has 0 aliphatic carbocycles. The van der Waals surface area contributed by atoms with Gasteiger partial charge in [0, 0.05) is 31.7 Å². The molecule has 0 unspecified atom stereocenters. The van der Waals surface area contributed by atoms with Crippen LogP contribution >= 0.6 is 0 Å². The van der Waals surface area contributed by atoms with Crippen LogP contribution in [0.1, 0.15) is 17.3 Å². The van der Waals surface area contributed by atoms with Crippen LogP contribution in [0.4, 0.5) is 10.1 Å². The Labute approximate surface area is 141 Å². The van der Waals surface area contributed by atoms with E-state index >= 15 is 0 Å². The molecule has 0 spiro atoms. The van der Waals surface area contributed by atoms with E-state index in [4.69, 9.17) is 4.74 Å². The third-order valence-electron chi connectivity index (χ3n) is 4.17. The number of amides is 1. The largest absolute Gasteiger partial charge is 0.494 e. The lowest BCUT2D eigenvalue weighted by Crippen LogP contribution is -2.49. The summed E-state index contributed by atoms with van der Waals surface area (Å²) < 4.78 is 19.3. The van der Waals surface area contributed by atoms with Crippen LogP contribution in [-0.4, -0.2) is 43.6 Å². The highest BCUT2D eigenvalue weighted by molar-refractivity contribution is 5.94.